The maximum Gasteiger partial charge on any atom is 0.00907 e. The minimum atomic E-state index is 0.485. The van der Waals surface area contributed by atoms with Gasteiger partial charge in [0.15, 0.2) is 0 Å². The molecule has 76 valence electrons. The molecule has 2 aliphatic carbocycles. The highest BCUT2D eigenvalue weighted by Crippen LogP contribution is 2.40. The Hall–Kier alpha value is 0.310. The molecule has 0 heterocycles. The van der Waals surface area contributed by atoms with E-state index in [9.17, 15) is 0 Å². The fourth-order valence-electron chi connectivity index (χ4n) is 2.62. The van der Waals surface area contributed by atoms with Crippen molar-refractivity contribution in [2.75, 3.05) is 0 Å². The molecular formula is C11H21NS. The minimum Gasteiger partial charge on any atom is -0.327 e. The standard InChI is InChI=1S/C11H21NS/c1-8-10(12)6-7-11(8)13-9-4-2-3-5-9/h8-11H,2-7,12H2,1H3. The van der Waals surface area contributed by atoms with Crippen LogP contribution in [-0.4, -0.2) is 16.5 Å². The second-order valence-corrected chi connectivity index (χ2v) is 6.23. The Labute approximate surface area is 85.8 Å². The fourth-order valence-corrected chi connectivity index (χ4v) is 4.44. The summed E-state index contributed by atoms with van der Waals surface area (Å²) < 4.78 is 0. The summed E-state index contributed by atoms with van der Waals surface area (Å²) in [5.41, 5.74) is 6.03. The quantitative estimate of drug-likeness (QED) is 0.740. The van der Waals surface area contributed by atoms with Crippen molar-refractivity contribution in [1.82, 2.24) is 0 Å². The lowest BCUT2D eigenvalue weighted by molar-refractivity contribution is 0.534. The number of hydrogen-bond donors (Lipinski definition) is 1. The summed E-state index contributed by atoms with van der Waals surface area (Å²) in [4.78, 5) is 0. The highest BCUT2D eigenvalue weighted by Gasteiger charge is 2.32. The van der Waals surface area contributed by atoms with E-state index >= 15 is 0 Å². The van der Waals surface area contributed by atoms with Crippen LogP contribution in [0.5, 0.6) is 0 Å². The molecule has 0 aromatic rings. The summed E-state index contributed by atoms with van der Waals surface area (Å²) in [6.07, 6.45) is 8.47. The lowest BCUT2D eigenvalue weighted by Crippen LogP contribution is -2.26. The largest absolute Gasteiger partial charge is 0.327 e. The summed E-state index contributed by atoms with van der Waals surface area (Å²) in [7, 11) is 0. The number of nitrogens with two attached hydrogens (primary N) is 1. The molecule has 0 spiro atoms. The second kappa shape index (κ2) is 4.22. The summed E-state index contributed by atoms with van der Waals surface area (Å²) in [5.74, 6) is 0.755. The topological polar surface area (TPSA) is 26.0 Å². The van der Waals surface area contributed by atoms with Gasteiger partial charge in [0.1, 0.15) is 0 Å². The molecule has 3 unspecified atom stereocenters. The van der Waals surface area contributed by atoms with Gasteiger partial charge in [-0.05, 0) is 31.6 Å². The van der Waals surface area contributed by atoms with Gasteiger partial charge >= 0.3 is 0 Å². The molecule has 0 aromatic carbocycles. The second-order valence-electron chi connectivity index (χ2n) is 4.68. The smallest absolute Gasteiger partial charge is 0.00907 e. The van der Waals surface area contributed by atoms with Crippen molar-refractivity contribution in [2.24, 2.45) is 11.7 Å². The van der Waals surface area contributed by atoms with Crippen LogP contribution in [0.25, 0.3) is 0 Å². The Morgan fingerprint density at radius 2 is 1.77 bits per heavy atom. The maximum atomic E-state index is 6.03. The zero-order valence-corrected chi connectivity index (χ0v) is 9.35. The molecule has 2 rings (SSSR count). The predicted molar refractivity (Wildman–Crippen MR) is 60.0 cm³/mol. The molecular weight excluding hydrogens is 178 g/mol. The molecule has 2 saturated carbocycles. The van der Waals surface area contributed by atoms with Gasteiger partial charge in [0, 0.05) is 16.5 Å². The number of rotatable bonds is 2. The Morgan fingerprint density at radius 3 is 2.31 bits per heavy atom. The van der Waals surface area contributed by atoms with Crippen molar-refractivity contribution in [3.05, 3.63) is 0 Å². The van der Waals surface area contributed by atoms with Gasteiger partial charge in [-0.3, -0.25) is 0 Å². The van der Waals surface area contributed by atoms with Gasteiger partial charge in [-0.2, -0.15) is 11.8 Å². The molecule has 1 nitrogen and oxygen atoms in total. The van der Waals surface area contributed by atoms with Gasteiger partial charge in [0.05, 0.1) is 0 Å². The van der Waals surface area contributed by atoms with Gasteiger partial charge in [-0.25, -0.2) is 0 Å². The van der Waals surface area contributed by atoms with E-state index in [4.69, 9.17) is 5.73 Å². The molecule has 2 fully saturated rings. The molecule has 2 N–H and O–H groups in total. The zero-order chi connectivity index (χ0) is 9.26. The highest BCUT2D eigenvalue weighted by atomic mass is 32.2. The normalized spacial score (nSPS) is 41.5. The van der Waals surface area contributed by atoms with Crippen LogP contribution in [-0.2, 0) is 0 Å². The van der Waals surface area contributed by atoms with Crippen molar-refractivity contribution in [3.8, 4) is 0 Å². The van der Waals surface area contributed by atoms with Crippen molar-refractivity contribution < 1.29 is 0 Å². The van der Waals surface area contributed by atoms with Crippen molar-refractivity contribution in [3.63, 3.8) is 0 Å². The van der Waals surface area contributed by atoms with Crippen LogP contribution in [0.2, 0.25) is 0 Å². The predicted octanol–water partition coefficient (Wildman–Crippen LogP) is 2.79. The first-order chi connectivity index (χ1) is 6.27. The van der Waals surface area contributed by atoms with E-state index in [1.165, 1.54) is 38.5 Å². The van der Waals surface area contributed by atoms with Crippen LogP contribution in [0, 0.1) is 5.92 Å². The van der Waals surface area contributed by atoms with Crippen molar-refractivity contribution in [2.45, 2.75) is 62.0 Å². The minimum absolute atomic E-state index is 0.485. The first-order valence-corrected chi connectivity index (χ1v) is 6.62. The van der Waals surface area contributed by atoms with Crippen LogP contribution in [0.3, 0.4) is 0 Å². The van der Waals surface area contributed by atoms with Crippen LogP contribution in [0.4, 0.5) is 0 Å². The van der Waals surface area contributed by atoms with Crippen LogP contribution >= 0.6 is 11.8 Å². The van der Waals surface area contributed by atoms with Crippen molar-refractivity contribution in [1.29, 1.82) is 0 Å². The molecule has 0 radical (unpaired) electrons. The molecule has 0 aromatic heterocycles. The third-order valence-electron chi connectivity index (χ3n) is 3.72. The van der Waals surface area contributed by atoms with Crippen LogP contribution in [0.15, 0.2) is 0 Å². The molecule has 0 bridgehead atoms. The molecule has 0 aliphatic heterocycles. The SMILES string of the molecule is CC1C(N)CCC1SC1CCCC1. The summed E-state index contributed by atoms with van der Waals surface area (Å²) in [6.45, 7) is 2.34. The maximum absolute atomic E-state index is 6.03. The van der Waals surface area contributed by atoms with E-state index in [1.807, 2.05) is 0 Å². The van der Waals surface area contributed by atoms with Crippen LogP contribution in [0.1, 0.15) is 45.4 Å². The monoisotopic (exact) mass is 199 g/mol. The average Bonchev–Trinajstić information content (AvgIpc) is 2.71. The van der Waals surface area contributed by atoms with E-state index in [2.05, 4.69) is 18.7 Å². The third kappa shape index (κ3) is 2.21. The molecule has 3 atom stereocenters. The van der Waals surface area contributed by atoms with Gasteiger partial charge in [-0.1, -0.05) is 19.8 Å². The molecule has 0 amide bonds. The highest BCUT2D eigenvalue weighted by molar-refractivity contribution is 8.00. The first-order valence-electron chi connectivity index (χ1n) is 5.68. The zero-order valence-electron chi connectivity index (χ0n) is 8.54. The Bertz CT molecular complexity index is 165. The fraction of sp³-hybridized carbons (Fsp3) is 1.00. The van der Waals surface area contributed by atoms with Crippen LogP contribution < -0.4 is 5.73 Å². The summed E-state index contributed by atoms with van der Waals surface area (Å²) in [6, 6.07) is 0.485. The molecule has 2 heteroatoms. The first kappa shape index (κ1) is 9.85. The van der Waals surface area contributed by atoms with Gasteiger partial charge in [-0.15, -0.1) is 0 Å². The molecule has 2 aliphatic rings. The molecule has 13 heavy (non-hydrogen) atoms. The lowest BCUT2D eigenvalue weighted by atomic mass is 10.1. The van der Waals surface area contributed by atoms with E-state index in [0.717, 1.165) is 16.4 Å². The summed E-state index contributed by atoms with van der Waals surface area (Å²) in [5, 5.41) is 1.84. The van der Waals surface area contributed by atoms with Gasteiger partial charge < -0.3 is 5.73 Å². The summed E-state index contributed by atoms with van der Waals surface area (Å²) >= 11 is 2.25. The third-order valence-corrected chi connectivity index (χ3v) is 5.59. The van der Waals surface area contributed by atoms with E-state index in [1.54, 1.807) is 0 Å². The Morgan fingerprint density at radius 1 is 1.08 bits per heavy atom. The number of hydrogen-bond acceptors (Lipinski definition) is 2. The number of thioether (sulfide) groups is 1. The van der Waals surface area contributed by atoms with Gasteiger partial charge in [0.25, 0.3) is 0 Å². The Kier molecular flexibility index (Phi) is 3.20. The lowest BCUT2D eigenvalue weighted by Gasteiger charge is -2.20. The van der Waals surface area contributed by atoms with Gasteiger partial charge in [0.2, 0.25) is 0 Å². The average molecular weight is 199 g/mol. The van der Waals surface area contributed by atoms with E-state index in [-0.39, 0.29) is 0 Å². The van der Waals surface area contributed by atoms with E-state index < -0.39 is 0 Å². The molecule has 0 saturated heterocycles. The van der Waals surface area contributed by atoms with Crippen molar-refractivity contribution >= 4 is 11.8 Å². The van der Waals surface area contributed by atoms with E-state index in [0.29, 0.717) is 6.04 Å². The Balaban J connectivity index is 1.81.